The van der Waals surface area contributed by atoms with Crippen LogP contribution in [0.25, 0.3) is 0 Å². The van der Waals surface area contributed by atoms with Crippen molar-refractivity contribution in [1.82, 2.24) is 0 Å². The van der Waals surface area contributed by atoms with Gasteiger partial charge in [0.05, 0.1) is 30.0 Å². The van der Waals surface area contributed by atoms with Gasteiger partial charge in [-0.15, -0.1) is 0 Å². The summed E-state index contributed by atoms with van der Waals surface area (Å²) in [5, 5.41) is 8.94. The van der Waals surface area contributed by atoms with E-state index < -0.39 is 5.97 Å². The van der Waals surface area contributed by atoms with Crippen LogP contribution in [-0.2, 0) is 0 Å². The number of fused-ring (bicyclic) bond motifs is 3. The van der Waals surface area contributed by atoms with Crippen molar-refractivity contribution in [3.05, 3.63) is 59.7 Å². The summed E-state index contributed by atoms with van der Waals surface area (Å²) in [6, 6.07) is 14.0. The Morgan fingerprint density at radius 1 is 1.00 bits per heavy atom. The molecule has 6 nitrogen and oxygen atoms in total. The van der Waals surface area contributed by atoms with Gasteiger partial charge in [0.2, 0.25) is 5.96 Å². The first-order valence-electron chi connectivity index (χ1n) is 7.70. The molecule has 0 aromatic heterocycles. The second-order valence-corrected chi connectivity index (χ2v) is 5.71. The summed E-state index contributed by atoms with van der Waals surface area (Å²) in [6.45, 7) is 1.73. The number of guanidine groups is 1. The monoisotopic (exact) mass is 321 g/mol. The van der Waals surface area contributed by atoms with Gasteiger partial charge in [-0.3, -0.25) is 9.79 Å². The second-order valence-electron chi connectivity index (χ2n) is 5.71. The zero-order valence-electron chi connectivity index (χ0n) is 12.8. The standard InChI is InChI=1S/C18H15N3O3/c22-16(12-5-7-13(8-6-12)17(23)24)11-21-15-4-2-1-3-14(15)20-10-9-19-18(20)21/h1-8H,9-11H2,(H,23,24). The van der Waals surface area contributed by atoms with Gasteiger partial charge >= 0.3 is 5.97 Å². The van der Waals surface area contributed by atoms with Gasteiger partial charge in [-0.1, -0.05) is 24.3 Å². The maximum atomic E-state index is 12.6. The number of aromatic carboxylic acids is 1. The molecule has 2 aliphatic heterocycles. The second kappa shape index (κ2) is 5.49. The Labute approximate surface area is 138 Å². The molecule has 0 unspecified atom stereocenters. The largest absolute Gasteiger partial charge is 0.478 e. The molecule has 120 valence electrons. The summed E-state index contributed by atoms with van der Waals surface area (Å²) in [6.07, 6.45) is 0. The van der Waals surface area contributed by atoms with Crippen LogP contribution in [0, 0.1) is 0 Å². The predicted octanol–water partition coefficient (Wildman–Crippen LogP) is 2.26. The smallest absolute Gasteiger partial charge is 0.335 e. The van der Waals surface area contributed by atoms with Crippen molar-refractivity contribution in [2.45, 2.75) is 0 Å². The van der Waals surface area contributed by atoms with E-state index in [1.54, 1.807) is 12.1 Å². The normalized spacial score (nSPS) is 15.1. The molecule has 0 spiro atoms. The van der Waals surface area contributed by atoms with Crippen LogP contribution >= 0.6 is 0 Å². The first kappa shape index (κ1) is 14.4. The summed E-state index contributed by atoms with van der Waals surface area (Å²) < 4.78 is 0. The van der Waals surface area contributed by atoms with Crippen molar-refractivity contribution in [3.63, 3.8) is 0 Å². The molecule has 0 radical (unpaired) electrons. The number of carbonyl (C=O) groups is 2. The van der Waals surface area contributed by atoms with E-state index in [-0.39, 0.29) is 17.9 Å². The minimum Gasteiger partial charge on any atom is -0.478 e. The number of hydrogen-bond donors (Lipinski definition) is 1. The maximum Gasteiger partial charge on any atom is 0.335 e. The van der Waals surface area contributed by atoms with Crippen molar-refractivity contribution in [3.8, 4) is 0 Å². The number of ketones is 1. The number of aliphatic imine (C=N–C) groups is 1. The number of carboxylic acid groups (broad SMARTS) is 1. The van der Waals surface area contributed by atoms with Crippen LogP contribution in [0.3, 0.4) is 0 Å². The molecule has 0 atom stereocenters. The van der Waals surface area contributed by atoms with E-state index >= 15 is 0 Å². The number of carbonyl (C=O) groups excluding carboxylic acids is 1. The average molecular weight is 321 g/mol. The number of para-hydroxylation sites is 2. The van der Waals surface area contributed by atoms with Gasteiger partial charge in [-0.2, -0.15) is 0 Å². The third-order valence-corrected chi connectivity index (χ3v) is 4.28. The third-order valence-electron chi connectivity index (χ3n) is 4.28. The van der Waals surface area contributed by atoms with Crippen LogP contribution in [0.4, 0.5) is 11.4 Å². The van der Waals surface area contributed by atoms with Crippen LogP contribution < -0.4 is 9.80 Å². The Morgan fingerprint density at radius 3 is 2.38 bits per heavy atom. The minimum atomic E-state index is -1.00. The van der Waals surface area contributed by atoms with Gasteiger partial charge in [0.15, 0.2) is 5.78 Å². The molecule has 0 bridgehead atoms. The number of Topliss-reactive ketones (excluding diaryl/α,β-unsaturated/α-hetero) is 1. The zero-order chi connectivity index (χ0) is 16.7. The Hall–Kier alpha value is -3.15. The molecule has 2 aromatic rings. The first-order valence-corrected chi connectivity index (χ1v) is 7.70. The van der Waals surface area contributed by atoms with Gasteiger partial charge in [-0.25, -0.2) is 4.79 Å². The minimum absolute atomic E-state index is 0.0711. The van der Waals surface area contributed by atoms with Crippen LogP contribution in [0.5, 0.6) is 0 Å². The molecule has 1 N–H and O–H groups in total. The van der Waals surface area contributed by atoms with E-state index in [2.05, 4.69) is 9.89 Å². The average Bonchev–Trinajstić information content (AvgIpc) is 3.18. The van der Waals surface area contributed by atoms with Crippen molar-refractivity contribution >= 4 is 29.1 Å². The summed E-state index contributed by atoms with van der Waals surface area (Å²) in [4.78, 5) is 32.1. The fraction of sp³-hybridized carbons (Fsp3) is 0.167. The highest BCUT2D eigenvalue weighted by Gasteiger charge is 2.35. The van der Waals surface area contributed by atoms with Gasteiger partial charge in [0, 0.05) is 12.1 Å². The molecule has 0 amide bonds. The number of anilines is 2. The Bertz CT molecular complexity index is 858. The number of hydrogen-bond acceptors (Lipinski definition) is 5. The SMILES string of the molecule is O=C(O)c1ccc(C(=O)CN2C3=NCCN3c3ccccc32)cc1. The molecule has 24 heavy (non-hydrogen) atoms. The Morgan fingerprint density at radius 2 is 1.67 bits per heavy atom. The fourth-order valence-corrected chi connectivity index (χ4v) is 3.11. The number of benzene rings is 2. The first-order chi connectivity index (χ1) is 11.6. The number of carboxylic acids is 1. The number of rotatable bonds is 4. The molecular formula is C18H15N3O3. The Kier molecular flexibility index (Phi) is 3.30. The van der Waals surface area contributed by atoms with Crippen molar-refractivity contribution in [2.24, 2.45) is 4.99 Å². The van der Waals surface area contributed by atoms with Gasteiger partial charge in [0.25, 0.3) is 0 Å². The summed E-state index contributed by atoms with van der Waals surface area (Å²) >= 11 is 0. The highest BCUT2D eigenvalue weighted by Crippen LogP contribution is 2.38. The lowest BCUT2D eigenvalue weighted by Crippen LogP contribution is -2.38. The van der Waals surface area contributed by atoms with Crippen LogP contribution in [0.1, 0.15) is 20.7 Å². The molecular weight excluding hydrogens is 306 g/mol. The lowest BCUT2D eigenvalue weighted by atomic mass is 10.1. The van der Waals surface area contributed by atoms with E-state index in [0.717, 1.165) is 30.4 Å². The summed E-state index contributed by atoms with van der Waals surface area (Å²) in [5.74, 6) is -0.261. The summed E-state index contributed by atoms with van der Waals surface area (Å²) in [5.41, 5.74) is 2.72. The quantitative estimate of drug-likeness (QED) is 0.875. The fourth-order valence-electron chi connectivity index (χ4n) is 3.11. The number of nitrogens with zero attached hydrogens (tertiary/aromatic N) is 3. The molecule has 2 aliphatic rings. The van der Waals surface area contributed by atoms with E-state index in [1.807, 2.05) is 29.2 Å². The molecule has 2 heterocycles. The summed E-state index contributed by atoms with van der Waals surface area (Å²) in [7, 11) is 0. The molecule has 0 aliphatic carbocycles. The van der Waals surface area contributed by atoms with E-state index in [9.17, 15) is 9.59 Å². The van der Waals surface area contributed by atoms with Gasteiger partial charge in [-0.05, 0) is 24.3 Å². The Balaban J connectivity index is 1.60. The van der Waals surface area contributed by atoms with Crippen LogP contribution in [0.15, 0.2) is 53.5 Å². The zero-order valence-corrected chi connectivity index (χ0v) is 12.8. The molecule has 2 aromatic carbocycles. The third kappa shape index (κ3) is 2.23. The molecule has 0 saturated heterocycles. The predicted molar refractivity (Wildman–Crippen MR) is 91.2 cm³/mol. The molecule has 6 heteroatoms. The topological polar surface area (TPSA) is 73.2 Å². The van der Waals surface area contributed by atoms with Gasteiger partial charge in [0.1, 0.15) is 0 Å². The van der Waals surface area contributed by atoms with E-state index in [0.29, 0.717) is 5.56 Å². The van der Waals surface area contributed by atoms with E-state index in [4.69, 9.17) is 5.11 Å². The van der Waals surface area contributed by atoms with Crippen LogP contribution in [-0.4, -0.2) is 42.5 Å². The van der Waals surface area contributed by atoms with Gasteiger partial charge < -0.3 is 14.9 Å². The highest BCUT2D eigenvalue weighted by molar-refractivity contribution is 6.20. The van der Waals surface area contributed by atoms with Crippen LogP contribution in [0.2, 0.25) is 0 Å². The lowest BCUT2D eigenvalue weighted by molar-refractivity contribution is 0.0696. The molecule has 4 rings (SSSR count). The molecule has 0 saturated carbocycles. The maximum absolute atomic E-state index is 12.6. The van der Waals surface area contributed by atoms with Crippen molar-refractivity contribution in [2.75, 3.05) is 29.4 Å². The molecule has 0 fully saturated rings. The van der Waals surface area contributed by atoms with Crippen molar-refractivity contribution < 1.29 is 14.7 Å². The van der Waals surface area contributed by atoms with Crippen molar-refractivity contribution in [1.29, 1.82) is 0 Å². The highest BCUT2D eigenvalue weighted by atomic mass is 16.4. The lowest BCUT2D eigenvalue weighted by Gasteiger charge is -2.18. The van der Waals surface area contributed by atoms with E-state index in [1.165, 1.54) is 12.1 Å².